The van der Waals surface area contributed by atoms with Gasteiger partial charge < -0.3 is 15.3 Å². The number of aromatic hydroxyl groups is 2. The van der Waals surface area contributed by atoms with Crippen LogP contribution in [0.2, 0.25) is 0 Å². The number of benzene rings is 1. The Morgan fingerprint density at radius 3 is 2.68 bits per heavy atom. The van der Waals surface area contributed by atoms with Crippen molar-refractivity contribution in [1.82, 2.24) is 0 Å². The number of unbranched alkanes of at least 4 members (excludes halogenated alkanes) is 1. The average molecular weight is 304 g/mol. The summed E-state index contributed by atoms with van der Waals surface area (Å²) in [5.74, 6) is -1.52. The minimum Gasteiger partial charge on any atom is -0.507 e. The molecule has 0 bridgehead atoms. The topological polar surface area (TPSA) is 77.8 Å². The maximum atomic E-state index is 11.6. The molecule has 1 aromatic rings. The van der Waals surface area contributed by atoms with E-state index in [2.05, 4.69) is 0 Å². The van der Waals surface area contributed by atoms with E-state index in [4.69, 9.17) is 0 Å². The molecule has 0 unspecified atom stereocenters. The van der Waals surface area contributed by atoms with E-state index < -0.39 is 5.97 Å². The van der Waals surface area contributed by atoms with E-state index in [1.54, 1.807) is 0 Å². The van der Waals surface area contributed by atoms with Gasteiger partial charge in [0.1, 0.15) is 17.1 Å². The number of carboxylic acid groups (broad SMARTS) is 1. The molecule has 0 saturated heterocycles. The fraction of sp³-hybridized carbons (Fsp3) is 0.500. The Bertz CT molecular complexity index is 602. The zero-order chi connectivity index (χ0) is 16.3. The Morgan fingerprint density at radius 1 is 1.36 bits per heavy atom. The molecule has 0 aromatic heterocycles. The van der Waals surface area contributed by atoms with Crippen molar-refractivity contribution in [2.24, 2.45) is 0 Å². The molecule has 22 heavy (non-hydrogen) atoms. The minimum absolute atomic E-state index is 0.00422. The van der Waals surface area contributed by atoms with Crippen LogP contribution in [0.1, 0.15) is 73.4 Å². The van der Waals surface area contributed by atoms with Gasteiger partial charge in [0.15, 0.2) is 0 Å². The molecule has 1 aliphatic carbocycles. The molecule has 0 spiro atoms. The molecule has 1 aliphatic rings. The lowest BCUT2D eigenvalue weighted by Gasteiger charge is -2.23. The number of allylic oxidation sites excluding steroid dienone is 2. The van der Waals surface area contributed by atoms with Gasteiger partial charge in [0.05, 0.1) is 0 Å². The highest BCUT2D eigenvalue weighted by Crippen LogP contribution is 2.43. The molecule has 0 amide bonds. The number of phenols is 2. The van der Waals surface area contributed by atoms with E-state index in [0.717, 1.165) is 32.1 Å². The van der Waals surface area contributed by atoms with Gasteiger partial charge in [0.25, 0.3) is 0 Å². The largest absolute Gasteiger partial charge is 0.507 e. The summed E-state index contributed by atoms with van der Waals surface area (Å²) in [7, 11) is 0. The SMILES string of the molecule is CCCCc1cc(O)c([C@@H]2C=C(C)CCC2)c(O)c1C(=O)O. The van der Waals surface area contributed by atoms with Crippen LogP contribution in [-0.2, 0) is 6.42 Å². The fourth-order valence-corrected chi connectivity index (χ4v) is 3.23. The first-order valence-electron chi connectivity index (χ1n) is 7.94. The summed E-state index contributed by atoms with van der Waals surface area (Å²) in [5.41, 5.74) is 2.01. The first-order chi connectivity index (χ1) is 10.5. The van der Waals surface area contributed by atoms with Crippen molar-refractivity contribution in [3.05, 3.63) is 34.4 Å². The number of hydrogen-bond donors (Lipinski definition) is 3. The molecule has 4 nitrogen and oxygen atoms in total. The first-order valence-corrected chi connectivity index (χ1v) is 7.94. The van der Waals surface area contributed by atoms with Gasteiger partial charge in [-0.15, -0.1) is 0 Å². The monoisotopic (exact) mass is 304 g/mol. The standard InChI is InChI=1S/C18H24O4/c1-3-4-7-13-10-14(19)15(17(20)16(13)18(21)22)12-8-5-6-11(2)9-12/h9-10,12,19-20H,3-8H2,1-2H3,(H,21,22)/t12-/m0/s1. The van der Waals surface area contributed by atoms with Crippen LogP contribution in [0, 0.1) is 0 Å². The molecule has 2 rings (SSSR count). The summed E-state index contributed by atoms with van der Waals surface area (Å²) in [6, 6.07) is 1.52. The third-order valence-corrected chi connectivity index (χ3v) is 4.36. The van der Waals surface area contributed by atoms with Crippen molar-refractivity contribution < 1.29 is 20.1 Å². The fourth-order valence-electron chi connectivity index (χ4n) is 3.23. The molecule has 1 aromatic carbocycles. The Hall–Kier alpha value is -1.97. The summed E-state index contributed by atoms with van der Waals surface area (Å²) >= 11 is 0. The quantitative estimate of drug-likeness (QED) is 0.707. The highest BCUT2D eigenvalue weighted by molar-refractivity contribution is 5.94. The summed E-state index contributed by atoms with van der Waals surface area (Å²) < 4.78 is 0. The third kappa shape index (κ3) is 3.26. The Labute approximate surface area is 131 Å². The van der Waals surface area contributed by atoms with E-state index >= 15 is 0 Å². The van der Waals surface area contributed by atoms with Crippen LogP contribution in [0.25, 0.3) is 0 Å². The molecule has 0 fully saturated rings. The Morgan fingerprint density at radius 2 is 2.09 bits per heavy atom. The number of phenolic OH excluding ortho intramolecular Hbond substituents is 1. The summed E-state index contributed by atoms with van der Waals surface area (Å²) in [6.45, 7) is 4.04. The van der Waals surface area contributed by atoms with Gasteiger partial charge in [-0.3, -0.25) is 0 Å². The number of aryl methyl sites for hydroxylation is 1. The lowest BCUT2D eigenvalue weighted by atomic mass is 9.83. The average Bonchev–Trinajstić information content (AvgIpc) is 2.44. The molecule has 120 valence electrons. The van der Waals surface area contributed by atoms with Crippen LogP contribution >= 0.6 is 0 Å². The van der Waals surface area contributed by atoms with Crippen molar-refractivity contribution in [2.75, 3.05) is 0 Å². The van der Waals surface area contributed by atoms with E-state index in [9.17, 15) is 20.1 Å². The van der Waals surface area contributed by atoms with Crippen LogP contribution in [0.5, 0.6) is 11.5 Å². The van der Waals surface area contributed by atoms with Gasteiger partial charge in [0.2, 0.25) is 0 Å². The van der Waals surface area contributed by atoms with Crippen LogP contribution < -0.4 is 0 Å². The van der Waals surface area contributed by atoms with E-state index in [-0.39, 0.29) is 23.0 Å². The zero-order valence-electron chi connectivity index (χ0n) is 13.2. The van der Waals surface area contributed by atoms with Crippen LogP contribution in [0.4, 0.5) is 0 Å². The number of hydrogen-bond acceptors (Lipinski definition) is 3. The van der Waals surface area contributed by atoms with E-state index in [1.165, 1.54) is 11.6 Å². The molecule has 0 radical (unpaired) electrons. The lowest BCUT2D eigenvalue weighted by molar-refractivity contribution is 0.0692. The number of rotatable bonds is 5. The number of aromatic carboxylic acids is 1. The first kappa shape index (κ1) is 16.4. The normalized spacial score (nSPS) is 18.1. The molecule has 1 atom stereocenters. The third-order valence-electron chi connectivity index (χ3n) is 4.36. The molecule has 0 aliphatic heterocycles. The molecule has 3 N–H and O–H groups in total. The van der Waals surface area contributed by atoms with E-state index in [1.807, 2.05) is 19.9 Å². The van der Waals surface area contributed by atoms with Crippen LogP contribution in [-0.4, -0.2) is 21.3 Å². The molecular formula is C18H24O4. The Balaban J connectivity index is 2.54. The van der Waals surface area contributed by atoms with Gasteiger partial charge >= 0.3 is 5.97 Å². The van der Waals surface area contributed by atoms with Crippen LogP contribution in [0.15, 0.2) is 17.7 Å². The second kappa shape index (κ2) is 6.86. The van der Waals surface area contributed by atoms with Crippen molar-refractivity contribution in [3.63, 3.8) is 0 Å². The van der Waals surface area contributed by atoms with Crippen molar-refractivity contribution in [2.45, 2.75) is 58.3 Å². The predicted molar refractivity (Wildman–Crippen MR) is 85.7 cm³/mol. The predicted octanol–water partition coefficient (Wildman–Crippen LogP) is 4.35. The minimum atomic E-state index is -1.14. The molecule has 4 heteroatoms. The van der Waals surface area contributed by atoms with Gasteiger partial charge in [0, 0.05) is 11.5 Å². The highest BCUT2D eigenvalue weighted by atomic mass is 16.4. The van der Waals surface area contributed by atoms with Crippen molar-refractivity contribution in [1.29, 1.82) is 0 Å². The smallest absolute Gasteiger partial charge is 0.339 e. The molecular weight excluding hydrogens is 280 g/mol. The summed E-state index contributed by atoms with van der Waals surface area (Å²) in [4.78, 5) is 11.6. The summed E-state index contributed by atoms with van der Waals surface area (Å²) in [6.07, 6.45) is 7.11. The second-order valence-corrected chi connectivity index (χ2v) is 6.11. The maximum absolute atomic E-state index is 11.6. The second-order valence-electron chi connectivity index (χ2n) is 6.11. The van der Waals surface area contributed by atoms with Crippen LogP contribution in [0.3, 0.4) is 0 Å². The summed E-state index contributed by atoms with van der Waals surface area (Å²) in [5, 5.41) is 30.3. The van der Waals surface area contributed by atoms with Gasteiger partial charge in [-0.1, -0.05) is 25.0 Å². The zero-order valence-corrected chi connectivity index (χ0v) is 13.2. The molecule has 0 saturated carbocycles. The maximum Gasteiger partial charge on any atom is 0.339 e. The number of carboxylic acids is 1. The van der Waals surface area contributed by atoms with Crippen molar-refractivity contribution in [3.8, 4) is 11.5 Å². The van der Waals surface area contributed by atoms with Gasteiger partial charge in [-0.2, -0.15) is 0 Å². The molecule has 0 heterocycles. The lowest BCUT2D eigenvalue weighted by Crippen LogP contribution is -2.09. The van der Waals surface area contributed by atoms with Crippen molar-refractivity contribution >= 4 is 5.97 Å². The van der Waals surface area contributed by atoms with Gasteiger partial charge in [-0.05, 0) is 50.7 Å². The van der Waals surface area contributed by atoms with E-state index in [0.29, 0.717) is 17.5 Å². The Kier molecular flexibility index (Phi) is 5.11. The highest BCUT2D eigenvalue weighted by Gasteiger charge is 2.27. The number of carbonyl (C=O) groups is 1. The van der Waals surface area contributed by atoms with Gasteiger partial charge in [-0.25, -0.2) is 4.79 Å².